The van der Waals surface area contributed by atoms with E-state index in [4.69, 9.17) is 4.74 Å². The van der Waals surface area contributed by atoms with Gasteiger partial charge in [-0.3, -0.25) is 5.10 Å². The number of methoxy groups -OCH3 is 1. The predicted octanol–water partition coefficient (Wildman–Crippen LogP) is 1.44. The fourth-order valence-electron chi connectivity index (χ4n) is 2.95. The monoisotopic (exact) mass is 330 g/mol. The van der Waals surface area contributed by atoms with Crippen molar-refractivity contribution in [1.29, 1.82) is 0 Å². The van der Waals surface area contributed by atoms with Crippen molar-refractivity contribution in [3.63, 3.8) is 0 Å². The lowest BCUT2D eigenvalue weighted by Gasteiger charge is -2.32. The zero-order chi connectivity index (χ0) is 16.8. The SMILES string of the molecule is COCc1cc(CNC(=O)N2CCCC(c3ccncn3)C2)[nH]n1. The van der Waals surface area contributed by atoms with Gasteiger partial charge in [0, 0.05) is 38.0 Å². The van der Waals surface area contributed by atoms with E-state index in [1.165, 1.54) is 0 Å². The molecule has 2 aromatic rings. The van der Waals surface area contributed by atoms with Crippen LogP contribution in [0.5, 0.6) is 0 Å². The molecule has 1 saturated heterocycles. The molecule has 0 aliphatic carbocycles. The Morgan fingerprint density at radius 2 is 2.46 bits per heavy atom. The molecule has 24 heavy (non-hydrogen) atoms. The fourth-order valence-corrected chi connectivity index (χ4v) is 2.95. The van der Waals surface area contributed by atoms with Gasteiger partial charge in [0.1, 0.15) is 6.33 Å². The number of aromatic amines is 1. The van der Waals surface area contributed by atoms with Gasteiger partial charge in [-0.2, -0.15) is 5.10 Å². The van der Waals surface area contributed by atoms with Crippen LogP contribution in [0.3, 0.4) is 0 Å². The summed E-state index contributed by atoms with van der Waals surface area (Å²) in [7, 11) is 1.63. The second kappa shape index (κ2) is 7.87. The summed E-state index contributed by atoms with van der Waals surface area (Å²) in [6.45, 7) is 2.33. The first-order chi connectivity index (χ1) is 11.8. The number of H-pyrrole nitrogens is 1. The van der Waals surface area contributed by atoms with Crippen molar-refractivity contribution >= 4 is 6.03 Å². The number of nitrogens with one attached hydrogen (secondary N) is 2. The summed E-state index contributed by atoms with van der Waals surface area (Å²) in [4.78, 5) is 22.5. The van der Waals surface area contributed by atoms with E-state index < -0.39 is 0 Å². The first kappa shape index (κ1) is 16.4. The minimum absolute atomic E-state index is 0.0587. The van der Waals surface area contributed by atoms with E-state index in [0.717, 1.165) is 36.5 Å². The molecule has 1 atom stereocenters. The molecule has 1 aliphatic rings. The minimum Gasteiger partial charge on any atom is -0.378 e. The Bertz CT molecular complexity index is 660. The smallest absolute Gasteiger partial charge is 0.317 e. The lowest BCUT2D eigenvalue weighted by molar-refractivity contribution is 0.178. The third kappa shape index (κ3) is 4.08. The van der Waals surface area contributed by atoms with Crippen molar-refractivity contribution in [2.75, 3.05) is 20.2 Å². The predicted molar refractivity (Wildman–Crippen MR) is 87.1 cm³/mol. The molecule has 2 amide bonds. The van der Waals surface area contributed by atoms with Crippen LogP contribution in [0.2, 0.25) is 0 Å². The van der Waals surface area contributed by atoms with Gasteiger partial charge in [0.2, 0.25) is 0 Å². The van der Waals surface area contributed by atoms with Gasteiger partial charge in [0.05, 0.1) is 24.5 Å². The summed E-state index contributed by atoms with van der Waals surface area (Å²) in [5.74, 6) is 0.271. The maximum absolute atomic E-state index is 12.4. The highest BCUT2D eigenvalue weighted by atomic mass is 16.5. The highest BCUT2D eigenvalue weighted by Gasteiger charge is 2.25. The maximum atomic E-state index is 12.4. The number of rotatable bonds is 5. The zero-order valence-corrected chi connectivity index (χ0v) is 13.7. The molecule has 1 aliphatic heterocycles. The third-order valence-corrected chi connectivity index (χ3v) is 4.14. The summed E-state index contributed by atoms with van der Waals surface area (Å²) in [5, 5.41) is 9.96. The van der Waals surface area contributed by atoms with Gasteiger partial charge in [0.25, 0.3) is 0 Å². The minimum atomic E-state index is -0.0587. The first-order valence-corrected chi connectivity index (χ1v) is 8.07. The van der Waals surface area contributed by atoms with Gasteiger partial charge in [-0.25, -0.2) is 14.8 Å². The van der Waals surface area contributed by atoms with Crippen LogP contribution in [-0.4, -0.2) is 51.3 Å². The van der Waals surface area contributed by atoms with Crippen LogP contribution in [0.4, 0.5) is 4.79 Å². The fraction of sp³-hybridized carbons (Fsp3) is 0.500. The highest BCUT2D eigenvalue weighted by molar-refractivity contribution is 5.74. The Morgan fingerprint density at radius 1 is 1.54 bits per heavy atom. The summed E-state index contributed by atoms with van der Waals surface area (Å²) in [6, 6.07) is 3.76. The number of aromatic nitrogens is 4. The molecule has 3 heterocycles. The van der Waals surface area contributed by atoms with Crippen LogP contribution in [0.15, 0.2) is 24.7 Å². The van der Waals surface area contributed by atoms with Crippen LogP contribution in [-0.2, 0) is 17.9 Å². The molecular formula is C16H22N6O2. The molecule has 0 saturated carbocycles. The number of urea groups is 1. The highest BCUT2D eigenvalue weighted by Crippen LogP contribution is 2.24. The lowest BCUT2D eigenvalue weighted by atomic mass is 9.95. The Balaban J connectivity index is 1.52. The normalized spacial score (nSPS) is 17.7. The van der Waals surface area contributed by atoms with E-state index in [1.54, 1.807) is 19.6 Å². The van der Waals surface area contributed by atoms with Gasteiger partial charge in [-0.1, -0.05) is 0 Å². The molecule has 1 fully saturated rings. The third-order valence-electron chi connectivity index (χ3n) is 4.14. The second-order valence-corrected chi connectivity index (χ2v) is 5.90. The largest absolute Gasteiger partial charge is 0.378 e. The van der Waals surface area contributed by atoms with Crippen LogP contribution in [0.25, 0.3) is 0 Å². The average molecular weight is 330 g/mol. The van der Waals surface area contributed by atoms with E-state index in [1.807, 2.05) is 17.0 Å². The number of carbonyl (C=O) groups is 1. The number of hydrogen-bond acceptors (Lipinski definition) is 5. The Hall–Kier alpha value is -2.48. The molecule has 8 nitrogen and oxygen atoms in total. The molecule has 0 radical (unpaired) electrons. The topological polar surface area (TPSA) is 96.0 Å². The molecule has 0 aromatic carbocycles. The maximum Gasteiger partial charge on any atom is 0.317 e. The van der Waals surface area contributed by atoms with Gasteiger partial charge in [0.15, 0.2) is 0 Å². The van der Waals surface area contributed by atoms with E-state index in [2.05, 4.69) is 25.5 Å². The summed E-state index contributed by atoms with van der Waals surface area (Å²) in [5.41, 5.74) is 2.68. The van der Waals surface area contributed by atoms with Gasteiger partial charge >= 0.3 is 6.03 Å². The van der Waals surface area contributed by atoms with E-state index in [9.17, 15) is 4.79 Å². The summed E-state index contributed by atoms with van der Waals surface area (Å²) in [6.07, 6.45) is 5.33. The molecule has 0 bridgehead atoms. The number of amides is 2. The number of piperidine rings is 1. The first-order valence-electron chi connectivity index (χ1n) is 8.07. The van der Waals surface area contributed by atoms with Crippen LogP contribution >= 0.6 is 0 Å². The summed E-state index contributed by atoms with van der Waals surface area (Å²) >= 11 is 0. The molecule has 3 rings (SSSR count). The average Bonchev–Trinajstić information content (AvgIpc) is 3.08. The van der Waals surface area contributed by atoms with Gasteiger partial charge in [-0.05, 0) is 25.0 Å². The van der Waals surface area contributed by atoms with E-state index >= 15 is 0 Å². The molecule has 2 N–H and O–H groups in total. The molecule has 8 heteroatoms. The Kier molecular flexibility index (Phi) is 5.37. The van der Waals surface area contributed by atoms with Crippen molar-refractivity contribution in [3.05, 3.63) is 41.7 Å². The number of likely N-dealkylation sites (tertiary alicyclic amines) is 1. The van der Waals surface area contributed by atoms with Crippen LogP contribution < -0.4 is 5.32 Å². The number of hydrogen-bond donors (Lipinski definition) is 2. The number of ether oxygens (including phenoxy) is 1. The quantitative estimate of drug-likeness (QED) is 0.865. The standard InChI is InChI=1S/C16H22N6O2/c1-24-10-14-7-13(20-21-14)8-18-16(23)22-6-2-3-12(9-22)15-4-5-17-11-19-15/h4-5,7,11-12H,2-3,6,8-10H2,1H3,(H,18,23)(H,20,21). The molecule has 1 unspecified atom stereocenters. The van der Waals surface area contributed by atoms with Crippen molar-refractivity contribution in [2.45, 2.75) is 31.9 Å². The van der Waals surface area contributed by atoms with E-state index in [-0.39, 0.29) is 11.9 Å². The van der Waals surface area contributed by atoms with Crippen LogP contribution in [0, 0.1) is 0 Å². The zero-order valence-electron chi connectivity index (χ0n) is 13.7. The molecule has 128 valence electrons. The Morgan fingerprint density at radius 3 is 3.25 bits per heavy atom. The van der Waals surface area contributed by atoms with E-state index in [0.29, 0.717) is 19.7 Å². The lowest BCUT2D eigenvalue weighted by Crippen LogP contribution is -2.44. The Labute approximate surface area is 140 Å². The molecule has 0 spiro atoms. The van der Waals surface area contributed by atoms with Crippen molar-refractivity contribution in [2.24, 2.45) is 0 Å². The number of carbonyl (C=O) groups excluding carboxylic acids is 1. The number of nitrogens with zero attached hydrogens (tertiary/aromatic N) is 4. The van der Waals surface area contributed by atoms with Crippen molar-refractivity contribution in [1.82, 2.24) is 30.4 Å². The molecule has 2 aromatic heterocycles. The van der Waals surface area contributed by atoms with Crippen molar-refractivity contribution in [3.8, 4) is 0 Å². The summed E-state index contributed by atoms with van der Waals surface area (Å²) < 4.78 is 5.03. The van der Waals surface area contributed by atoms with Crippen molar-refractivity contribution < 1.29 is 9.53 Å². The van der Waals surface area contributed by atoms with Crippen LogP contribution in [0.1, 0.15) is 35.8 Å². The van der Waals surface area contributed by atoms with Gasteiger partial charge < -0.3 is 15.0 Å². The molecular weight excluding hydrogens is 308 g/mol. The van der Waals surface area contributed by atoms with Gasteiger partial charge in [-0.15, -0.1) is 0 Å². The second-order valence-electron chi connectivity index (χ2n) is 5.90.